The number of nitrogens with zero attached hydrogens (tertiary/aromatic N) is 2. The average Bonchev–Trinajstić information content (AvgIpc) is 2.15. The molecule has 3 heteroatoms. The molecule has 0 aliphatic rings. The summed E-state index contributed by atoms with van der Waals surface area (Å²) in [5, 5.41) is 8.95. The summed E-state index contributed by atoms with van der Waals surface area (Å²) in [7, 11) is 3.96. The van der Waals surface area contributed by atoms with Gasteiger partial charge in [0, 0.05) is 6.54 Å². The van der Waals surface area contributed by atoms with Gasteiger partial charge in [-0.1, -0.05) is 30.3 Å². The van der Waals surface area contributed by atoms with Gasteiger partial charge < -0.3 is 4.90 Å². The molecule has 1 rings (SSSR count). The first-order valence-electron chi connectivity index (χ1n) is 4.33. The van der Waals surface area contributed by atoms with Crippen LogP contribution < -0.4 is 0 Å². The standard InChI is InChI=1S/C11H14N2.ClH/c1-13(2)9-11(8-12)10-6-4-3-5-7-10;/h3-7,11H,9H2,1-2H3;1H. The lowest BCUT2D eigenvalue weighted by Gasteiger charge is -2.14. The Morgan fingerprint density at radius 3 is 2.29 bits per heavy atom. The van der Waals surface area contributed by atoms with E-state index in [1.165, 1.54) is 0 Å². The van der Waals surface area contributed by atoms with Gasteiger partial charge in [0.25, 0.3) is 0 Å². The molecular formula is C11H15ClN2. The van der Waals surface area contributed by atoms with E-state index in [0.29, 0.717) is 0 Å². The first kappa shape index (κ1) is 13.0. The van der Waals surface area contributed by atoms with Gasteiger partial charge in [-0.3, -0.25) is 0 Å². The van der Waals surface area contributed by atoms with Gasteiger partial charge in [0.15, 0.2) is 0 Å². The minimum Gasteiger partial charge on any atom is -0.308 e. The molecule has 0 radical (unpaired) electrons. The van der Waals surface area contributed by atoms with Gasteiger partial charge in [0.2, 0.25) is 0 Å². The summed E-state index contributed by atoms with van der Waals surface area (Å²) < 4.78 is 0. The van der Waals surface area contributed by atoms with Crippen molar-refractivity contribution in [1.29, 1.82) is 5.26 Å². The van der Waals surface area contributed by atoms with Gasteiger partial charge in [-0.2, -0.15) is 5.26 Å². The highest BCUT2D eigenvalue weighted by Gasteiger charge is 2.10. The number of nitriles is 1. The second-order valence-corrected chi connectivity index (χ2v) is 3.35. The Labute approximate surface area is 91.6 Å². The quantitative estimate of drug-likeness (QED) is 0.766. The molecule has 0 aliphatic heterocycles. The van der Waals surface area contributed by atoms with Crippen LogP contribution in [-0.4, -0.2) is 25.5 Å². The van der Waals surface area contributed by atoms with Crippen LogP contribution in [0.3, 0.4) is 0 Å². The second kappa shape index (κ2) is 6.42. The van der Waals surface area contributed by atoms with Crippen molar-refractivity contribution in [3.8, 4) is 6.07 Å². The molecule has 0 saturated carbocycles. The Morgan fingerprint density at radius 1 is 1.29 bits per heavy atom. The second-order valence-electron chi connectivity index (χ2n) is 3.35. The lowest BCUT2D eigenvalue weighted by atomic mass is 10.0. The highest BCUT2D eigenvalue weighted by molar-refractivity contribution is 5.85. The van der Waals surface area contributed by atoms with Gasteiger partial charge in [-0.05, 0) is 19.7 Å². The van der Waals surface area contributed by atoms with Crippen LogP contribution in [0.2, 0.25) is 0 Å². The number of hydrogen-bond acceptors (Lipinski definition) is 2. The fourth-order valence-corrected chi connectivity index (χ4v) is 1.27. The molecule has 0 spiro atoms. The van der Waals surface area contributed by atoms with Gasteiger partial charge in [0.1, 0.15) is 0 Å². The molecule has 0 saturated heterocycles. The summed E-state index contributed by atoms with van der Waals surface area (Å²) in [4.78, 5) is 2.03. The van der Waals surface area contributed by atoms with Crippen LogP contribution in [0.1, 0.15) is 11.5 Å². The minimum atomic E-state index is -0.0174. The van der Waals surface area contributed by atoms with Crippen molar-refractivity contribution in [1.82, 2.24) is 4.90 Å². The van der Waals surface area contributed by atoms with E-state index in [1.807, 2.05) is 49.3 Å². The Kier molecular flexibility index (Phi) is 5.94. The first-order valence-corrected chi connectivity index (χ1v) is 4.33. The Morgan fingerprint density at radius 2 is 1.86 bits per heavy atom. The monoisotopic (exact) mass is 210 g/mol. The maximum atomic E-state index is 8.95. The van der Waals surface area contributed by atoms with Crippen molar-refractivity contribution in [2.45, 2.75) is 5.92 Å². The van der Waals surface area contributed by atoms with Crippen LogP contribution in [0.25, 0.3) is 0 Å². The zero-order valence-corrected chi connectivity index (χ0v) is 9.29. The van der Waals surface area contributed by atoms with Crippen LogP contribution in [0.15, 0.2) is 30.3 Å². The van der Waals surface area contributed by atoms with Crippen molar-refractivity contribution in [3.63, 3.8) is 0 Å². The molecule has 0 heterocycles. The lowest BCUT2D eigenvalue weighted by Crippen LogP contribution is -2.19. The molecule has 0 amide bonds. The topological polar surface area (TPSA) is 27.0 Å². The zero-order valence-electron chi connectivity index (χ0n) is 8.47. The summed E-state index contributed by atoms with van der Waals surface area (Å²) in [6.07, 6.45) is 0. The third kappa shape index (κ3) is 3.78. The Hall–Kier alpha value is -1.04. The molecular weight excluding hydrogens is 196 g/mol. The van der Waals surface area contributed by atoms with Crippen LogP contribution in [-0.2, 0) is 0 Å². The van der Waals surface area contributed by atoms with Crippen LogP contribution >= 0.6 is 12.4 Å². The van der Waals surface area contributed by atoms with Crippen LogP contribution in [0, 0.1) is 11.3 Å². The van der Waals surface area contributed by atoms with Crippen molar-refractivity contribution in [2.75, 3.05) is 20.6 Å². The molecule has 1 aromatic carbocycles. The number of hydrogen-bond donors (Lipinski definition) is 0. The van der Waals surface area contributed by atoms with E-state index < -0.39 is 0 Å². The van der Waals surface area contributed by atoms with Gasteiger partial charge in [-0.15, -0.1) is 12.4 Å². The SMILES string of the molecule is CN(C)CC(C#N)c1ccccc1.Cl. The fourth-order valence-electron chi connectivity index (χ4n) is 1.27. The van der Waals surface area contributed by atoms with E-state index >= 15 is 0 Å². The predicted molar refractivity (Wildman–Crippen MR) is 60.6 cm³/mol. The first-order chi connectivity index (χ1) is 6.24. The molecule has 0 aliphatic carbocycles. The van der Waals surface area contributed by atoms with Crippen molar-refractivity contribution in [2.24, 2.45) is 0 Å². The fraction of sp³-hybridized carbons (Fsp3) is 0.364. The molecule has 1 unspecified atom stereocenters. The third-order valence-corrected chi connectivity index (χ3v) is 1.91. The maximum absolute atomic E-state index is 8.95. The van der Waals surface area contributed by atoms with Crippen LogP contribution in [0.5, 0.6) is 0 Å². The summed E-state index contributed by atoms with van der Waals surface area (Å²) in [6.45, 7) is 0.778. The summed E-state index contributed by atoms with van der Waals surface area (Å²) in [6, 6.07) is 12.2. The van der Waals surface area contributed by atoms with Crippen molar-refractivity contribution < 1.29 is 0 Å². The molecule has 0 fully saturated rings. The summed E-state index contributed by atoms with van der Waals surface area (Å²) in [5.74, 6) is -0.0174. The molecule has 14 heavy (non-hydrogen) atoms. The van der Waals surface area contributed by atoms with E-state index in [0.717, 1.165) is 12.1 Å². The minimum absolute atomic E-state index is 0. The highest BCUT2D eigenvalue weighted by Crippen LogP contribution is 2.14. The van der Waals surface area contributed by atoms with E-state index in [-0.39, 0.29) is 18.3 Å². The normalized spacial score (nSPS) is 11.6. The largest absolute Gasteiger partial charge is 0.308 e. The van der Waals surface area contributed by atoms with Crippen molar-refractivity contribution >= 4 is 12.4 Å². The van der Waals surface area contributed by atoms with E-state index in [4.69, 9.17) is 5.26 Å². The predicted octanol–water partition coefficient (Wildman–Crippen LogP) is 2.28. The Balaban J connectivity index is 0.00000169. The van der Waals surface area contributed by atoms with E-state index in [9.17, 15) is 0 Å². The molecule has 1 atom stereocenters. The third-order valence-electron chi connectivity index (χ3n) is 1.91. The van der Waals surface area contributed by atoms with Gasteiger partial charge in [-0.25, -0.2) is 0 Å². The maximum Gasteiger partial charge on any atom is 0.0839 e. The lowest BCUT2D eigenvalue weighted by molar-refractivity contribution is 0.398. The molecule has 0 bridgehead atoms. The smallest absolute Gasteiger partial charge is 0.0839 e. The number of halogens is 1. The van der Waals surface area contributed by atoms with Gasteiger partial charge in [0.05, 0.1) is 12.0 Å². The molecule has 0 aromatic heterocycles. The van der Waals surface area contributed by atoms with Gasteiger partial charge >= 0.3 is 0 Å². The zero-order chi connectivity index (χ0) is 9.68. The van der Waals surface area contributed by atoms with E-state index in [1.54, 1.807) is 0 Å². The number of benzene rings is 1. The highest BCUT2D eigenvalue weighted by atomic mass is 35.5. The van der Waals surface area contributed by atoms with E-state index in [2.05, 4.69) is 6.07 Å². The summed E-state index contributed by atoms with van der Waals surface area (Å²) in [5.41, 5.74) is 1.10. The molecule has 0 N–H and O–H groups in total. The molecule has 1 aromatic rings. The molecule has 76 valence electrons. The number of rotatable bonds is 3. The molecule has 2 nitrogen and oxygen atoms in total. The van der Waals surface area contributed by atoms with Crippen LogP contribution in [0.4, 0.5) is 0 Å². The summed E-state index contributed by atoms with van der Waals surface area (Å²) >= 11 is 0. The number of likely N-dealkylation sites (N-methyl/N-ethyl adjacent to an activating group) is 1. The Bertz CT molecular complexity index is 290. The average molecular weight is 211 g/mol. The van der Waals surface area contributed by atoms with Crippen molar-refractivity contribution in [3.05, 3.63) is 35.9 Å².